The molecule has 0 aromatic carbocycles. The molecular formula is C9H14N4O3S. The van der Waals surface area contributed by atoms with Gasteiger partial charge < -0.3 is 10.5 Å². The van der Waals surface area contributed by atoms with E-state index >= 15 is 0 Å². The van der Waals surface area contributed by atoms with E-state index in [9.17, 15) is 10.1 Å². The molecule has 0 aliphatic rings. The van der Waals surface area contributed by atoms with Crippen LogP contribution in [0.3, 0.4) is 0 Å². The summed E-state index contributed by atoms with van der Waals surface area (Å²) in [5.41, 5.74) is 2.23. The summed E-state index contributed by atoms with van der Waals surface area (Å²) in [4.78, 5) is 14.3. The molecule has 1 atom stereocenters. The number of pyridine rings is 1. The predicted octanol–water partition coefficient (Wildman–Crippen LogP) is 1.14. The predicted molar refractivity (Wildman–Crippen MR) is 65.7 cm³/mol. The summed E-state index contributed by atoms with van der Waals surface area (Å²) in [6.45, 7) is 1.99. The standard InChI is InChI=1S/C9H14N4O3S/c1-6(2-3-14)17-9-5-7(13(15)16)4-8(11-9)12-10/h4-6,14H,2-3,10H2,1H3,(H,11,12). The van der Waals surface area contributed by atoms with Crippen molar-refractivity contribution < 1.29 is 10.0 Å². The van der Waals surface area contributed by atoms with Gasteiger partial charge in [0.2, 0.25) is 0 Å². The van der Waals surface area contributed by atoms with Crippen molar-refractivity contribution in [2.75, 3.05) is 12.0 Å². The van der Waals surface area contributed by atoms with Gasteiger partial charge in [-0.15, -0.1) is 11.8 Å². The molecule has 94 valence electrons. The van der Waals surface area contributed by atoms with Gasteiger partial charge in [-0.3, -0.25) is 10.1 Å². The van der Waals surface area contributed by atoms with E-state index in [1.54, 1.807) is 0 Å². The lowest BCUT2D eigenvalue weighted by atomic mass is 10.3. The van der Waals surface area contributed by atoms with E-state index in [1.807, 2.05) is 6.92 Å². The Bertz CT molecular complexity index is 402. The molecule has 0 spiro atoms. The molecule has 1 unspecified atom stereocenters. The molecule has 1 aromatic heterocycles. The number of thioether (sulfide) groups is 1. The SMILES string of the molecule is CC(CCO)Sc1cc([N+](=O)[O-])cc(NN)n1. The zero-order valence-corrected chi connectivity index (χ0v) is 10.1. The zero-order valence-electron chi connectivity index (χ0n) is 9.29. The Morgan fingerprint density at radius 2 is 2.41 bits per heavy atom. The van der Waals surface area contributed by atoms with Crippen LogP contribution in [0.4, 0.5) is 11.5 Å². The number of anilines is 1. The quantitative estimate of drug-likeness (QED) is 0.303. The number of rotatable bonds is 6. The van der Waals surface area contributed by atoms with Crippen LogP contribution in [0.5, 0.6) is 0 Å². The Hall–Kier alpha value is -1.38. The molecule has 1 aromatic rings. The van der Waals surface area contributed by atoms with Crippen molar-refractivity contribution in [3.05, 3.63) is 22.2 Å². The molecular weight excluding hydrogens is 244 g/mol. The second-order valence-corrected chi connectivity index (χ2v) is 4.85. The van der Waals surface area contributed by atoms with Gasteiger partial charge in [-0.05, 0) is 6.42 Å². The molecule has 0 aliphatic carbocycles. The Labute approximate surface area is 103 Å². The van der Waals surface area contributed by atoms with Gasteiger partial charge in [-0.25, -0.2) is 10.8 Å². The molecule has 1 rings (SSSR count). The number of nitrogens with one attached hydrogen (secondary N) is 1. The van der Waals surface area contributed by atoms with Crippen LogP contribution in [-0.2, 0) is 0 Å². The molecule has 0 aliphatic heterocycles. The van der Waals surface area contributed by atoms with Gasteiger partial charge >= 0.3 is 0 Å². The van der Waals surface area contributed by atoms with E-state index in [1.165, 1.54) is 23.9 Å². The highest BCUT2D eigenvalue weighted by Gasteiger charge is 2.13. The molecule has 0 saturated carbocycles. The topological polar surface area (TPSA) is 114 Å². The molecule has 7 nitrogen and oxygen atoms in total. The molecule has 4 N–H and O–H groups in total. The van der Waals surface area contributed by atoms with Crippen molar-refractivity contribution in [1.82, 2.24) is 4.98 Å². The minimum Gasteiger partial charge on any atom is -0.396 e. The molecule has 0 fully saturated rings. The number of nitrogens with zero attached hydrogens (tertiary/aromatic N) is 2. The van der Waals surface area contributed by atoms with E-state index in [4.69, 9.17) is 10.9 Å². The number of nitrogen functional groups attached to an aromatic ring is 1. The number of hydrogen-bond acceptors (Lipinski definition) is 7. The highest BCUT2D eigenvalue weighted by molar-refractivity contribution is 7.99. The van der Waals surface area contributed by atoms with E-state index in [-0.39, 0.29) is 23.4 Å². The first-order valence-corrected chi connectivity index (χ1v) is 5.85. The average molecular weight is 258 g/mol. The van der Waals surface area contributed by atoms with Crippen LogP contribution in [0, 0.1) is 10.1 Å². The minimum atomic E-state index is -0.497. The summed E-state index contributed by atoms with van der Waals surface area (Å²) < 4.78 is 0. The lowest BCUT2D eigenvalue weighted by molar-refractivity contribution is -0.385. The van der Waals surface area contributed by atoms with Crippen molar-refractivity contribution >= 4 is 23.3 Å². The number of aliphatic hydroxyl groups excluding tert-OH is 1. The number of hydrazine groups is 1. The van der Waals surface area contributed by atoms with Gasteiger partial charge in [-0.1, -0.05) is 6.92 Å². The largest absolute Gasteiger partial charge is 0.396 e. The smallest absolute Gasteiger partial charge is 0.275 e. The van der Waals surface area contributed by atoms with Gasteiger partial charge in [0.1, 0.15) is 10.8 Å². The molecule has 0 saturated heterocycles. The van der Waals surface area contributed by atoms with E-state index in [2.05, 4.69) is 10.4 Å². The van der Waals surface area contributed by atoms with Crippen molar-refractivity contribution in [2.45, 2.75) is 23.6 Å². The maximum Gasteiger partial charge on any atom is 0.275 e. The summed E-state index contributed by atoms with van der Waals surface area (Å²) in [5.74, 6) is 5.44. The van der Waals surface area contributed by atoms with Crippen LogP contribution in [0.1, 0.15) is 13.3 Å². The number of aliphatic hydroxyl groups is 1. The van der Waals surface area contributed by atoms with Crippen LogP contribution in [0.2, 0.25) is 0 Å². The Morgan fingerprint density at radius 3 is 2.94 bits per heavy atom. The average Bonchev–Trinajstić information content (AvgIpc) is 2.28. The number of hydrogen-bond donors (Lipinski definition) is 3. The van der Waals surface area contributed by atoms with E-state index in [0.29, 0.717) is 11.4 Å². The number of nitro groups is 1. The number of nitrogens with two attached hydrogens (primary N) is 1. The molecule has 17 heavy (non-hydrogen) atoms. The molecule has 0 radical (unpaired) electrons. The number of aromatic nitrogens is 1. The van der Waals surface area contributed by atoms with Gasteiger partial charge in [0.25, 0.3) is 5.69 Å². The summed E-state index contributed by atoms with van der Waals surface area (Å²) in [5, 5.41) is 20.1. The fourth-order valence-electron chi connectivity index (χ4n) is 1.18. The van der Waals surface area contributed by atoms with Gasteiger partial charge in [0.05, 0.1) is 11.0 Å². The molecule has 0 bridgehead atoms. The second kappa shape index (κ2) is 6.38. The maximum absolute atomic E-state index is 10.7. The lowest BCUT2D eigenvalue weighted by Gasteiger charge is -2.09. The lowest BCUT2D eigenvalue weighted by Crippen LogP contribution is -2.09. The highest BCUT2D eigenvalue weighted by Crippen LogP contribution is 2.28. The third-order valence-electron chi connectivity index (χ3n) is 2.00. The first kappa shape index (κ1) is 13.7. The zero-order chi connectivity index (χ0) is 12.8. The first-order chi connectivity index (χ1) is 8.06. The molecule has 8 heteroatoms. The summed E-state index contributed by atoms with van der Waals surface area (Å²) in [6, 6.07) is 2.65. The van der Waals surface area contributed by atoms with E-state index in [0.717, 1.165) is 0 Å². The maximum atomic E-state index is 10.7. The minimum absolute atomic E-state index is 0.0633. The van der Waals surface area contributed by atoms with Crippen molar-refractivity contribution in [3.8, 4) is 0 Å². The third-order valence-corrected chi connectivity index (χ3v) is 3.09. The van der Waals surface area contributed by atoms with Crippen molar-refractivity contribution in [2.24, 2.45) is 5.84 Å². The van der Waals surface area contributed by atoms with Crippen molar-refractivity contribution in [3.63, 3.8) is 0 Å². The molecule has 1 heterocycles. The van der Waals surface area contributed by atoms with Crippen molar-refractivity contribution in [1.29, 1.82) is 0 Å². The van der Waals surface area contributed by atoms with Crippen LogP contribution in [-0.4, -0.2) is 26.9 Å². The first-order valence-electron chi connectivity index (χ1n) is 4.97. The highest BCUT2D eigenvalue weighted by atomic mass is 32.2. The summed E-state index contributed by atoms with van der Waals surface area (Å²) in [7, 11) is 0. The molecule has 0 amide bonds. The summed E-state index contributed by atoms with van der Waals surface area (Å²) in [6.07, 6.45) is 0.598. The van der Waals surface area contributed by atoms with Gasteiger partial charge in [-0.2, -0.15) is 0 Å². The van der Waals surface area contributed by atoms with Crippen LogP contribution in [0.25, 0.3) is 0 Å². The van der Waals surface area contributed by atoms with E-state index < -0.39 is 4.92 Å². The fourth-order valence-corrected chi connectivity index (χ4v) is 2.15. The van der Waals surface area contributed by atoms with Crippen LogP contribution in [0.15, 0.2) is 17.2 Å². The van der Waals surface area contributed by atoms with Gasteiger partial charge in [0.15, 0.2) is 0 Å². The second-order valence-electron chi connectivity index (χ2n) is 3.39. The fraction of sp³-hybridized carbons (Fsp3) is 0.444. The van der Waals surface area contributed by atoms with Crippen LogP contribution >= 0.6 is 11.8 Å². The monoisotopic (exact) mass is 258 g/mol. The Morgan fingerprint density at radius 1 is 1.71 bits per heavy atom. The normalized spacial score (nSPS) is 12.2. The Kier molecular flexibility index (Phi) is 5.13. The summed E-state index contributed by atoms with van der Waals surface area (Å²) >= 11 is 1.36. The van der Waals surface area contributed by atoms with Crippen LogP contribution < -0.4 is 11.3 Å². The third kappa shape index (κ3) is 4.17. The Balaban J connectivity index is 2.90. The van der Waals surface area contributed by atoms with Gasteiger partial charge in [0, 0.05) is 17.9 Å².